The van der Waals surface area contributed by atoms with Crippen LogP contribution >= 0.6 is 0 Å². The highest BCUT2D eigenvalue weighted by Gasteiger charge is 2.39. The van der Waals surface area contributed by atoms with Crippen molar-refractivity contribution in [3.63, 3.8) is 0 Å². The van der Waals surface area contributed by atoms with Gasteiger partial charge in [0.05, 0.1) is 0 Å². The van der Waals surface area contributed by atoms with E-state index in [0.717, 1.165) is 43.9 Å². The van der Waals surface area contributed by atoms with Crippen molar-refractivity contribution >= 4 is 5.97 Å². The average molecular weight is 294 g/mol. The molecule has 0 amide bonds. The molecule has 2 heteroatoms. The van der Waals surface area contributed by atoms with E-state index in [2.05, 4.69) is 6.92 Å². The number of carbonyl (C=O) groups excluding carboxylic acids is 1. The average Bonchev–Trinajstić information content (AvgIpc) is 2.49. The Morgan fingerprint density at radius 3 is 2.14 bits per heavy atom. The molecular formula is C19H34O2. The van der Waals surface area contributed by atoms with Gasteiger partial charge in [-0.15, -0.1) is 0 Å². The molecule has 122 valence electrons. The van der Waals surface area contributed by atoms with Gasteiger partial charge in [-0.1, -0.05) is 52.4 Å². The lowest BCUT2D eigenvalue weighted by molar-refractivity contribution is -0.166. The van der Waals surface area contributed by atoms with Crippen LogP contribution in [0.2, 0.25) is 0 Å². The van der Waals surface area contributed by atoms with Crippen LogP contribution in [-0.2, 0) is 9.53 Å². The smallest absolute Gasteiger partial charge is 0.306 e. The minimum Gasteiger partial charge on any atom is -0.459 e. The summed E-state index contributed by atoms with van der Waals surface area (Å²) in [4.78, 5) is 12.0. The minimum atomic E-state index is -0.119. The fraction of sp³-hybridized carbons (Fsp3) is 0.947. The number of hydrogen-bond donors (Lipinski definition) is 0. The number of rotatable bonds is 6. The molecule has 2 rings (SSSR count). The van der Waals surface area contributed by atoms with E-state index in [9.17, 15) is 4.79 Å². The summed E-state index contributed by atoms with van der Waals surface area (Å²) >= 11 is 0. The SMILES string of the molecule is CCCC(=O)O[C@]1(CCC)CC[C@@H](C2CCCCC2)CC1. The van der Waals surface area contributed by atoms with E-state index in [1.807, 2.05) is 6.92 Å². The molecule has 0 unspecified atom stereocenters. The molecule has 0 heterocycles. The lowest BCUT2D eigenvalue weighted by Gasteiger charge is -2.42. The molecule has 0 aromatic rings. The second-order valence-electron chi connectivity index (χ2n) is 7.39. The van der Waals surface area contributed by atoms with Gasteiger partial charge in [0.2, 0.25) is 0 Å². The summed E-state index contributed by atoms with van der Waals surface area (Å²) in [7, 11) is 0. The van der Waals surface area contributed by atoms with E-state index < -0.39 is 0 Å². The van der Waals surface area contributed by atoms with Gasteiger partial charge in [-0.3, -0.25) is 4.79 Å². The van der Waals surface area contributed by atoms with E-state index >= 15 is 0 Å². The van der Waals surface area contributed by atoms with E-state index in [1.54, 1.807) is 0 Å². The number of ether oxygens (including phenoxy) is 1. The van der Waals surface area contributed by atoms with Gasteiger partial charge >= 0.3 is 5.97 Å². The zero-order valence-corrected chi connectivity index (χ0v) is 14.2. The van der Waals surface area contributed by atoms with Gasteiger partial charge in [0, 0.05) is 6.42 Å². The van der Waals surface area contributed by atoms with Gasteiger partial charge in [-0.2, -0.15) is 0 Å². The molecule has 2 aliphatic rings. The molecule has 0 aliphatic heterocycles. The van der Waals surface area contributed by atoms with Crippen molar-refractivity contribution in [2.45, 2.75) is 103 Å². The van der Waals surface area contributed by atoms with Crippen LogP contribution in [0.25, 0.3) is 0 Å². The molecule has 2 aliphatic carbocycles. The molecule has 21 heavy (non-hydrogen) atoms. The summed E-state index contributed by atoms with van der Waals surface area (Å²) in [5.41, 5.74) is -0.119. The third-order valence-corrected chi connectivity index (χ3v) is 5.75. The van der Waals surface area contributed by atoms with Crippen LogP contribution in [0.15, 0.2) is 0 Å². The Balaban J connectivity index is 1.88. The van der Waals surface area contributed by atoms with Crippen molar-refractivity contribution in [3.05, 3.63) is 0 Å². The van der Waals surface area contributed by atoms with Gasteiger partial charge in [-0.25, -0.2) is 0 Å². The fourth-order valence-electron chi connectivity index (χ4n) is 4.60. The predicted molar refractivity (Wildman–Crippen MR) is 87.2 cm³/mol. The third-order valence-electron chi connectivity index (χ3n) is 5.75. The van der Waals surface area contributed by atoms with Crippen LogP contribution in [-0.4, -0.2) is 11.6 Å². The van der Waals surface area contributed by atoms with Gasteiger partial charge in [-0.05, 0) is 50.4 Å². The van der Waals surface area contributed by atoms with Crippen LogP contribution in [0, 0.1) is 11.8 Å². The van der Waals surface area contributed by atoms with Crippen LogP contribution in [0.1, 0.15) is 97.3 Å². The summed E-state index contributed by atoms with van der Waals surface area (Å²) in [5.74, 6) is 1.90. The monoisotopic (exact) mass is 294 g/mol. The molecule has 2 fully saturated rings. The molecule has 0 radical (unpaired) electrons. The Kier molecular flexibility index (Phi) is 6.57. The summed E-state index contributed by atoms with van der Waals surface area (Å²) in [6, 6.07) is 0. The highest BCUT2D eigenvalue weighted by molar-refractivity contribution is 5.69. The van der Waals surface area contributed by atoms with Crippen molar-refractivity contribution in [1.29, 1.82) is 0 Å². The Morgan fingerprint density at radius 1 is 0.952 bits per heavy atom. The second kappa shape index (κ2) is 8.19. The first-order valence-corrected chi connectivity index (χ1v) is 9.41. The van der Waals surface area contributed by atoms with Gasteiger partial charge < -0.3 is 4.74 Å². The van der Waals surface area contributed by atoms with Crippen molar-refractivity contribution in [2.75, 3.05) is 0 Å². The molecule has 0 atom stereocenters. The van der Waals surface area contributed by atoms with Crippen LogP contribution in [0.3, 0.4) is 0 Å². The lowest BCUT2D eigenvalue weighted by atomic mass is 9.68. The van der Waals surface area contributed by atoms with E-state index in [-0.39, 0.29) is 11.6 Å². The maximum absolute atomic E-state index is 12.0. The van der Waals surface area contributed by atoms with Gasteiger partial charge in [0.25, 0.3) is 0 Å². The highest BCUT2D eigenvalue weighted by Crippen LogP contribution is 2.44. The van der Waals surface area contributed by atoms with Crippen LogP contribution < -0.4 is 0 Å². The summed E-state index contributed by atoms with van der Waals surface area (Å²) in [6.45, 7) is 4.26. The zero-order valence-electron chi connectivity index (χ0n) is 14.2. The molecule has 0 aromatic carbocycles. The molecule has 0 spiro atoms. The standard InChI is InChI=1S/C19H34O2/c1-3-8-18(20)21-19(13-4-2)14-11-17(12-15-19)16-9-6-5-7-10-16/h16-17H,3-15H2,1-2H3/t17-,19-. The Bertz CT molecular complexity index is 310. The summed E-state index contributed by atoms with van der Waals surface area (Å²) < 4.78 is 5.96. The van der Waals surface area contributed by atoms with E-state index in [4.69, 9.17) is 4.74 Å². The molecule has 2 nitrogen and oxygen atoms in total. The Hall–Kier alpha value is -0.530. The molecule has 0 saturated heterocycles. The molecule has 2 saturated carbocycles. The number of hydrogen-bond acceptors (Lipinski definition) is 2. The first-order valence-electron chi connectivity index (χ1n) is 9.41. The second-order valence-corrected chi connectivity index (χ2v) is 7.39. The van der Waals surface area contributed by atoms with Crippen molar-refractivity contribution in [1.82, 2.24) is 0 Å². The quantitative estimate of drug-likeness (QED) is 0.593. The normalized spacial score (nSPS) is 31.0. The fourth-order valence-corrected chi connectivity index (χ4v) is 4.60. The summed E-state index contributed by atoms with van der Waals surface area (Å²) in [6.07, 6.45) is 15.6. The molecule has 0 bridgehead atoms. The van der Waals surface area contributed by atoms with Crippen molar-refractivity contribution in [3.8, 4) is 0 Å². The molecule has 0 aromatic heterocycles. The molecular weight excluding hydrogens is 260 g/mol. The number of esters is 1. The Morgan fingerprint density at radius 2 is 1.57 bits per heavy atom. The first kappa shape index (κ1) is 16.8. The maximum atomic E-state index is 12.0. The topological polar surface area (TPSA) is 26.3 Å². The number of carbonyl (C=O) groups is 1. The minimum absolute atomic E-state index is 0.0297. The zero-order chi connectivity index (χ0) is 15.1. The van der Waals surface area contributed by atoms with E-state index in [1.165, 1.54) is 44.9 Å². The maximum Gasteiger partial charge on any atom is 0.306 e. The highest BCUT2D eigenvalue weighted by atomic mass is 16.6. The molecule has 0 N–H and O–H groups in total. The van der Waals surface area contributed by atoms with Crippen molar-refractivity contribution in [2.24, 2.45) is 11.8 Å². The largest absolute Gasteiger partial charge is 0.459 e. The third kappa shape index (κ3) is 4.72. The van der Waals surface area contributed by atoms with E-state index in [0.29, 0.717) is 6.42 Å². The first-order chi connectivity index (χ1) is 10.2. The van der Waals surface area contributed by atoms with Gasteiger partial charge in [0.1, 0.15) is 5.60 Å². The van der Waals surface area contributed by atoms with Gasteiger partial charge in [0.15, 0.2) is 0 Å². The Labute approximate surface area is 131 Å². The predicted octanol–water partition coefficient (Wildman–Crippen LogP) is 5.64. The van der Waals surface area contributed by atoms with Crippen LogP contribution in [0.4, 0.5) is 0 Å². The van der Waals surface area contributed by atoms with Crippen molar-refractivity contribution < 1.29 is 9.53 Å². The summed E-state index contributed by atoms with van der Waals surface area (Å²) in [5, 5.41) is 0. The van der Waals surface area contributed by atoms with Crippen LogP contribution in [0.5, 0.6) is 0 Å². The lowest BCUT2D eigenvalue weighted by Crippen LogP contribution is -2.40.